The van der Waals surface area contributed by atoms with Crippen LogP contribution in [0.15, 0.2) is 53.3 Å². The molecule has 2 aromatic carbocycles. The lowest BCUT2D eigenvalue weighted by molar-refractivity contribution is 0.313. The summed E-state index contributed by atoms with van der Waals surface area (Å²) in [5.74, 6) is -0.490. The molecule has 2 aromatic heterocycles. The monoisotopic (exact) mass is 418 g/mol. The van der Waals surface area contributed by atoms with E-state index in [0.717, 1.165) is 36.4 Å². The predicted molar refractivity (Wildman–Crippen MR) is 119 cm³/mol. The Morgan fingerprint density at radius 1 is 1.03 bits per heavy atom. The van der Waals surface area contributed by atoms with Gasteiger partial charge in [-0.2, -0.15) is 14.9 Å². The van der Waals surface area contributed by atoms with Crippen molar-refractivity contribution < 1.29 is 4.39 Å². The van der Waals surface area contributed by atoms with E-state index in [1.807, 2.05) is 12.1 Å². The van der Waals surface area contributed by atoms with Gasteiger partial charge in [-0.05, 0) is 37.7 Å². The number of nitrogens with zero attached hydrogens (tertiary/aromatic N) is 5. The number of aromatic amines is 1. The molecule has 1 aliphatic heterocycles. The van der Waals surface area contributed by atoms with E-state index < -0.39 is 11.4 Å². The molecule has 1 fully saturated rings. The number of rotatable bonds is 3. The topological polar surface area (TPSA) is 70.1 Å². The number of aromatic nitrogens is 4. The number of aryl methyl sites for hydroxylation is 1. The lowest BCUT2D eigenvalue weighted by Gasteiger charge is -2.34. The molecule has 1 saturated heterocycles. The molecular weight excluding hydrogens is 395 g/mol. The number of para-hydroxylation sites is 1. The first-order chi connectivity index (χ1) is 15.0. The predicted octanol–water partition coefficient (Wildman–Crippen LogP) is 2.98. The largest absolute Gasteiger partial charge is 0.369 e. The molecule has 158 valence electrons. The lowest BCUT2D eigenvalue weighted by atomic mass is 10.1. The molecule has 0 amide bonds. The Kier molecular flexibility index (Phi) is 4.78. The number of hydrogen-bond acceptors (Lipinski definition) is 5. The second kappa shape index (κ2) is 7.63. The summed E-state index contributed by atoms with van der Waals surface area (Å²) in [5.41, 5.74) is 4.10. The van der Waals surface area contributed by atoms with E-state index in [-0.39, 0.29) is 5.69 Å². The fourth-order valence-electron chi connectivity index (χ4n) is 4.03. The number of hydrogen-bond donors (Lipinski definition) is 1. The van der Waals surface area contributed by atoms with Crippen LogP contribution in [0.5, 0.6) is 0 Å². The Balaban J connectivity index is 1.55. The van der Waals surface area contributed by atoms with Crippen LogP contribution in [-0.4, -0.2) is 58.1 Å². The molecule has 0 unspecified atom stereocenters. The number of benzene rings is 2. The van der Waals surface area contributed by atoms with Crippen LogP contribution in [0.25, 0.3) is 28.0 Å². The summed E-state index contributed by atoms with van der Waals surface area (Å²) in [7, 11) is 2.14. The van der Waals surface area contributed by atoms with Crippen molar-refractivity contribution in [1.82, 2.24) is 24.9 Å². The number of piperazine rings is 1. The summed E-state index contributed by atoms with van der Waals surface area (Å²) >= 11 is 0. The SMILES string of the molecule is Cc1cccc(F)c1-n1nc2c(-c3ccc(N4CCN(C)CC4)cc3)n[nH]c2cc1=O. The Morgan fingerprint density at radius 3 is 2.48 bits per heavy atom. The third-order valence-electron chi connectivity index (χ3n) is 5.85. The second-order valence-electron chi connectivity index (χ2n) is 7.97. The molecule has 4 aromatic rings. The van der Waals surface area contributed by atoms with Gasteiger partial charge in [0.25, 0.3) is 5.56 Å². The molecular formula is C23H23FN6O. The first kappa shape index (κ1) is 19.4. The van der Waals surface area contributed by atoms with Crippen molar-refractivity contribution >= 4 is 16.7 Å². The van der Waals surface area contributed by atoms with Crippen molar-refractivity contribution in [1.29, 1.82) is 0 Å². The maximum atomic E-state index is 14.5. The highest BCUT2D eigenvalue weighted by Crippen LogP contribution is 2.27. The fraction of sp³-hybridized carbons (Fsp3) is 0.261. The Morgan fingerprint density at radius 2 is 1.77 bits per heavy atom. The van der Waals surface area contributed by atoms with Gasteiger partial charge in [0.05, 0.1) is 5.52 Å². The molecule has 0 saturated carbocycles. The fourth-order valence-corrected chi connectivity index (χ4v) is 4.03. The van der Waals surface area contributed by atoms with Gasteiger partial charge >= 0.3 is 0 Å². The van der Waals surface area contributed by atoms with Gasteiger partial charge in [0.1, 0.15) is 22.7 Å². The first-order valence-electron chi connectivity index (χ1n) is 10.3. The lowest BCUT2D eigenvalue weighted by Crippen LogP contribution is -2.44. The number of anilines is 1. The van der Waals surface area contributed by atoms with Gasteiger partial charge in [-0.1, -0.05) is 24.3 Å². The summed E-state index contributed by atoms with van der Waals surface area (Å²) < 4.78 is 15.6. The van der Waals surface area contributed by atoms with Crippen LogP contribution in [-0.2, 0) is 0 Å². The zero-order chi connectivity index (χ0) is 21.5. The molecule has 0 bridgehead atoms. The smallest absolute Gasteiger partial charge is 0.273 e. The molecule has 8 heteroatoms. The third-order valence-corrected chi connectivity index (χ3v) is 5.85. The summed E-state index contributed by atoms with van der Waals surface area (Å²) in [5, 5.41) is 11.7. The van der Waals surface area contributed by atoms with Crippen LogP contribution in [0.4, 0.5) is 10.1 Å². The van der Waals surface area contributed by atoms with Crippen molar-refractivity contribution in [3.05, 3.63) is 70.3 Å². The van der Waals surface area contributed by atoms with E-state index in [2.05, 4.69) is 44.3 Å². The van der Waals surface area contributed by atoms with Gasteiger partial charge in [0, 0.05) is 43.5 Å². The maximum Gasteiger partial charge on any atom is 0.273 e. The molecule has 3 heterocycles. The number of nitrogens with one attached hydrogen (secondary N) is 1. The number of H-pyrrole nitrogens is 1. The normalized spacial score (nSPS) is 15.0. The van der Waals surface area contributed by atoms with Crippen molar-refractivity contribution in [3.8, 4) is 16.9 Å². The van der Waals surface area contributed by atoms with Crippen molar-refractivity contribution in [2.24, 2.45) is 0 Å². The van der Waals surface area contributed by atoms with E-state index in [1.54, 1.807) is 19.1 Å². The zero-order valence-corrected chi connectivity index (χ0v) is 17.5. The van der Waals surface area contributed by atoms with Crippen LogP contribution in [0.1, 0.15) is 5.56 Å². The summed E-state index contributed by atoms with van der Waals surface area (Å²) in [4.78, 5) is 17.3. The quantitative estimate of drug-likeness (QED) is 0.554. The summed E-state index contributed by atoms with van der Waals surface area (Å²) in [6, 6.07) is 14.3. The Labute approximate surface area is 178 Å². The van der Waals surface area contributed by atoms with E-state index in [0.29, 0.717) is 22.3 Å². The zero-order valence-electron chi connectivity index (χ0n) is 17.5. The minimum absolute atomic E-state index is 0.159. The summed E-state index contributed by atoms with van der Waals surface area (Å²) in [6.07, 6.45) is 0. The van der Waals surface area contributed by atoms with Gasteiger partial charge in [0.15, 0.2) is 0 Å². The molecule has 0 spiro atoms. The van der Waals surface area contributed by atoms with Gasteiger partial charge in [-0.25, -0.2) is 4.39 Å². The number of fused-ring (bicyclic) bond motifs is 1. The molecule has 5 rings (SSSR count). The van der Waals surface area contributed by atoms with Gasteiger partial charge in [-0.3, -0.25) is 9.89 Å². The van der Waals surface area contributed by atoms with Crippen LogP contribution in [0, 0.1) is 12.7 Å². The van der Waals surface area contributed by atoms with Crippen LogP contribution < -0.4 is 10.5 Å². The molecule has 0 aliphatic carbocycles. The van der Waals surface area contributed by atoms with E-state index in [1.165, 1.54) is 17.8 Å². The van der Waals surface area contributed by atoms with Crippen molar-refractivity contribution in [3.63, 3.8) is 0 Å². The highest BCUT2D eigenvalue weighted by atomic mass is 19.1. The average Bonchev–Trinajstić information content (AvgIpc) is 3.17. The Hall–Kier alpha value is -3.52. The van der Waals surface area contributed by atoms with E-state index in [4.69, 9.17) is 0 Å². The van der Waals surface area contributed by atoms with Crippen molar-refractivity contribution in [2.75, 3.05) is 38.1 Å². The van der Waals surface area contributed by atoms with Gasteiger partial charge in [-0.15, -0.1) is 0 Å². The summed E-state index contributed by atoms with van der Waals surface area (Å²) in [6.45, 7) is 5.84. The van der Waals surface area contributed by atoms with Gasteiger partial charge < -0.3 is 9.80 Å². The number of likely N-dealkylation sites (N-methyl/N-ethyl adjacent to an activating group) is 1. The van der Waals surface area contributed by atoms with Crippen LogP contribution in [0.2, 0.25) is 0 Å². The molecule has 1 N–H and O–H groups in total. The third kappa shape index (κ3) is 3.48. The highest BCUT2D eigenvalue weighted by Gasteiger charge is 2.18. The van der Waals surface area contributed by atoms with Crippen molar-refractivity contribution in [2.45, 2.75) is 6.92 Å². The minimum Gasteiger partial charge on any atom is -0.369 e. The first-order valence-corrected chi connectivity index (χ1v) is 10.3. The second-order valence-corrected chi connectivity index (χ2v) is 7.97. The molecule has 7 nitrogen and oxygen atoms in total. The molecule has 1 aliphatic rings. The van der Waals surface area contributed by atoms with Gasteiger partial charge in [0.2, 0.25) is 0 Å². The minimum atomic E-state index is -0.490. The van der Waals surface area contributed by atoms with Crippen LogP contribution >= 0.6 is 0 Å². The maximum absolute atomic E-state index is 14.5. The number of halogens is 1. The van der Waals surface area contributed by atoms with E-state index in [9.17, 15) is 9.18 Å². The molecule has 0 radical (unpaired) electrons. The molecule has 0 atom stereocenters. The highest BCUT2D eigenvalue weighted by molar-refractivity contribution is 5.89. The molecule has 31 heavy (non-hydrogen) atoms. The van der Waals surface area contributed by atoms with E-state index >= 15 is 0 Å². The standard InChI is InChI=1S/C23H23FN6O/c1-15-4-3-5-18(24)23(15)30-20(31)14-19-22(27-30)21(26-25-19)16-6-8-17(9-7-16)29-12-10-28(2)11-13-29/h3-9,14,25H,10-13H2,1-2H3. The average molecular weight is 418 g/mol. The Bertz CT molecular complexity index is 1280. The van der Waals surface area contributed by atoms with Crippen LogP contribution in [0.3, 0.4) is 0 Å².